The van der Waals surface area contributed by atoms with E-state index in [1.54, 1.807) is 6.07 Å². The molecular weight excluding hydrogens is 461 g/mol. The molecule has 0 bridgehead atoms. The maximum absolute atomic E-state index is 15.0. The molecule has 1 fully saturated rings. The minimum Gasteiger partial charge on any atom is -0.489 e. The standard InChI is InChI=1S/C28H32FN3O4/c1-17(2)32-26-5-4-19(10-23(26)18(3)30-32)15-35-22-12-25(29)24-11-20(16-36-27(24)13-22)14-31-8-6-21(7-9-31)28(33)34/h4-5,10-13,17,21H,6-9,14-16H2,1-3H3,(H,33,34). The fourth-order valence-corrected chi connectivity index (χ4v) is 5.04. The van der Waals surface area contributed by atoms with Gasteiger partial charge in [-0.15, -0.1) is 0 Å². The predicted octanol–water partition coefficient (Wildman–Crippen LogP) is 5.22. The number of piperidine rings is 1. The number of carboxylic acid groups (broad SMARTS) is 1. The number of hydrogen-bond acceptors (Lipinski definition) is 5. The Balaban J connectivity index is 1.25. The van der Waals surface area contributed by atoms with Crippen LogP contribution in [0.25, 0.3) is 17.0 Å². The SMILES string of the molecule is Cc1nn(C(C)C)c2ccc(COc3cc(F)c4c(c3)OCC(CN3CCC(C(=O)O)CC3)=C4)cc12. The summed E-state index contributed by atoms with van der Waals surface area (Å²) in [5, 5.41) is 14.9. The lowest BCUT2D eigenvalue weighted by Crippen LogP contribution is -2.38. The number of halogens is 1. The number of aliphatic carboxylic acids is 1. The van der Waals surface area contributed by atoms with E-state index in [9.17, 15) is 14.3 Å². The molecule has 8 heteroatoms. The maximum Gasteiger partial charge on any atom is 0.306 e. The second-order valence-electron chi connectivity index (χ2n) is 10.1. The average Bonchev–Trinajstić information content (AvgIpc) is 3.19. The molecule has 0 unspecified atom stereocenters. The zero-order chi connectivity index (χ0) is 25.4. The van der Waals surface area contributed by atoms with Crippen LogP contribution in [0.1, 0.15) is 49.6 Å². The molecule has 3 aromatic rings. The van der Waals surface area contributed by atoms with Crippen LogP contribution in [0.3, 0.4) is 0 Å². The number of hydrogen-bond donors (Lipinski definition) is 1. The molecule has 0 saturated carbocycles. The molecule has 1 N–H and O–H groups in total. The summed E-state index contributed by atoms with van der Waals surface area (Å²) in [6, 6.07) is 9.57. The van der Waals surface area contributed by atoms with Crippen molar-refractivity contribution in [2.45, 2.75) is 46.3 Å². The van der Waals surface area contributed by atoms with Gasteiger partial charge in [0.2, 0.25) is 0 Å². The van der Waals surface area contributed by atoms with E-state index in [2.05, 4.69) is 36.0 Å². The Morgan fingerprint density at radius 2 is 2.03 bits per heavy atom. The molecule has 1 aromatic heterocycles. The van der Waals surface area contributed by atoms with Crippen molar-refractivity contribution in [2.75, 3.05) is 26.2 Å². The van der Waals surface area contributed by atoms with Gasteiger partial charge in [0.1, 0.15) is 30.5 Å². The summed E-state index contributed by atoms with van der Waals surface area (Å²) >= 11 is 0. The number of rotatable bonds is 7. The van der Waals surface area contributed by atoms with Gasteiger partial charge in [-0.05, 0) is 76.0 Å². The Bertz CT molecular complexity index is 1320. The molecule has 0 radical (unpaired) electrons. The fraction of sp³-hybridized carbons (Fsp3) is 0.429. The van der Waals surface area contributed by atoms with E-state index < -0.39 is 5.97 Å². The van der Waals surface area contributed by atoms with E-state index in [1.165, 1.54) is 6.07 Å². The van der Waals surface area contributed by atoms with Gasteiger partial charge in [-0.1, -0.05) is 6.07 Å². The Kier molecular flexibility index (Phi) is 6.71. The Labute approximate surface area is 210 Å². The Morgan fingerprint density at radius 1 is 1.25 bits per heavy atom. The molecule has 2 aliphatic rings. The van der Waals surface area contributed by atoms with Crippen molar-refractivity contribution in [3.8, 4) is 11.5 Å². The maximum atomic E-state index is 15.0. The summed E-state index contributed by atoms with van der Waals surface area (Å²) in [5.41, 5.74) is 4.47. The first-order valence-electron chi connectivity index (χ1n) is 12.5. The van der Waals surface area contributed by atoms with Crippen LogP contribution in [0.15, 0.2) is 35.9 Å². The van der Waals surface area contributed by atoms with Crippen molar-refractivity contribution in [3.63, 3.8) is 0 Å². The van der Waals surface area contributed by atoms with Crippen LogP contribution in [0.2, 0.25) is 0 Å². The molecule has 3 heterocycles. The van der Waals surface area contributed by atoms with Gasteiger partial charge in [-0.2, -0.15) is 5.10 Å². The number of aromatic nitrogens is 2. The van der Waals surface area contributed by atoms with Crippen molar-refractivity contribution in [1.82, 2.24) is 14.7 Å². The lowest BCUT2D eigenvalue weighted by Gasteiger charge is -2.31. The van der Waals surface area contributed by atoms with Gasteiger partial charge in [-0.3, -0.25) is 14.4 Å². The van der Waals surface area contributed by atoms with Crippen LogP contribution in [0.4, 0.5) is 4.39 Å². The zero-order valence-electron chi connectivity index (χ0n) is 21.0. The van der Waals surface area contributed by atoms with Crippen molar-refractivity contribution in [1.29, 1.82) is 0 Å². The molecule has 1 saturated heterocycles. The van der Waals surface area contributed by atoms with Gasteiger partial charge in [0.25, 0.3) is 0 Å². The minimum absolute atomic E-state index is 0.266. The highest BCUT2D eigenvalue weighted by molar-refractivity contribution is 5.82. The smallest absolute Gasteiger partial charge is 0.306 e. The molecule has 7 nitrogen and oxygen atoms in total. The molecule has 0 aliphatic carbocycles. The van der Waals surface area contributed by atoms with E-state index in [1.807, 2.05) is 23.7 Å². The summed E-state index contributed by atoms with van der Waals surface area (Å²) in [5.74, 6) is -0.468. The van der Waals surface area contributed by atoms with Crippen LogP contribution in [0.5, 0.6) is 11.5 Å². The van der Waals surface area contributed by atoms with Crippen LogP contribution in [-0.4, -0.2) is 52.0 Å². The molecule has 2 aromatic carbocycles. The first-order chi connectivity index (χ1) is 17.3. The van der Waals surface area contributed by atoms with Crippen LogP contribution in [-0.2, 0) is 11.4 Å². The normalized spacial score (nSPS) is 16.6. The van der Waals surface area contributed by atoms with E-state index in [4.69, 9.17) is 9.47 Å². The number of carboxylic acids is 1. The highest BCUT2D eigenvalue weighted by atomic mass is 19.1. The largest absolute Gasteiger partial charge is 0.489 e. The van der Waals surface area contributed by atoms with Crippen molar-refractivity contribution >= 4 is 22.9 Å². The Morgan fingerprint density at radius 3 is 2.75 bits per heavy atom. The number of benzene rings is 2. The first-order valence-corrected chi connectivity index (χ1v) is 12.5. The average molecular weight is 494 g/mol. The number of nitrogens with zero attached hydrogens (tertiary/aromatic N) is 3. The van der Waals surface area contributed by atoms with Gasteiger partial charge >= 0.3 is 5.97 Å². The quantitative estimate of drug-likeness (QED) is 0.487. The molecular formula is C28H32FN3O4. The second-order valence-corrected chi connectivity index (χ2v) is 10.1. The van der Waals surface area contributed by atoms with E-state index in [-0.39, 0.29) is 17.8 Å². The lowest BCUT2D eigenvalue weighted by atomic mass is 9.96. The Hall–Kier alpha value is -3.39. The van der Waals surface area contributed by atoms with Gasteiger partial charge < -0.3 is 14.6 Å². The van der Waals surface area contributed by atoms with E-state index in [0.717, 1.165) is 40.8 Å². The first kappa shape index (κ1) is 24.3. The van der Waals surface area contributed by atoms with E-state index in [0.29, 0.717) is 49.7 Å². The van der Waals surface area contributed by atoms with Crippen molar-refractivity contribution in [3.05, 3.63) is 58.5 Å². The van der Waals surface area contributed by atoms with Gasteiger partial charge in [0.15, 0.2) is 0 Å². The molecule has 5 rings (SSSR count). The van der Waals surface area contributed by atoms with Gasteiger partial charge in [0.05, 0.1) is 22.7 Å². The number of carbonyl (C=O) groups is 1. The highest BCUT2D eigenvalue weighted by Gasteiger charge is 2.26. The van der Waals surface area contributed by atoms with Gasteiger partial charge in [0, 0.05) is 30.1 Å². The fourth-order valence-electron chi connectivity index (χ4n) is 5.04. The molecule has 36 heavy (non-hydrogen) atoms. The van der Waals surface area contributed by atoms with Crippen molar-refractivity contribution < 1.29 is 23.8 Å². The number of aryl methyl sites for hydroxylation is 1. The van der Waals surface area contributed by atoms with Crippen LogP contribution >= 0.6 is 0 Å². The molecule has 0 spiro atoms. The topological polar surface area (TPSA) is 76.8 Å². The third kappa shape index (κ3) is 4.95. The third-order valence-electron chi connectivity index (χ3n) is 7.04. The summed E-state index contributed by atoms with van der Waals surface area (Å²) in [4.78, 5) is 13.4. The number of fused-ring (bicyclic) bond motifs is 2. The molecule has 0 amide bonds. The summed E-state index contributed by atoms with van der Waals surface area (Å²) in [6.07, 6.45) is 3.13. The molecule has 0 atom stereocenters. The highest BCUT2D eigenvalue weighted by Crippen LogP contribution is 2.34. The molecule has 190 valence electrons. The van der Waals surface area contributed by atoms with Gasteiger partial charge in [-0.25, -0.2) is 4.39 Å². The predicted molar refractivity (Wildman–Crippen MR) is 136 cm³/mol. The lowest BCUT2D eigenvalue weighted by molar-refractivity contribution is -0.143. The van der Waals surface area contributed by atoms with E-state index >= 15 is 0 Å². The summed E-state index contributed by atoms with van der Waals surface area (Å²) in [7, 11) is 0. The minimum atomic E-state index is -0.721. The summed E-state index contributed by atoms with van der Waals surface area (Å²) in [6.45, 7) is 9.01. The third-order valence-corrected chi connectivity index (χ3v) is 7.04. The number of likely N-dealkylation sites (tertiary alicyclic amines) is 1. The van der Waals surface area contributed by atoms with Crippen molar-refractivity contribution in [2.24, 2.45) is 5.92 Å². The molecule has 2 aliphatic heterocycles. The zero-order valence-corrected chi connectivity index (χ0v) is 21.0. The van der Waals surface area contributed by atoms with Crippen LogP contribution < -0.4 is 9.47 Å². The summed E-state index contributed by atoms with van der Waals surface area (Å²) < 4.78 is 28.8. The van der Waals surface area contributed by atoms with Crippen LogP contribution in [0, 0.1) is 18.7 Å². The number of ether oxygens (including phenoxy) is 2. The second kappa shape index (κ2) is 9.93. The monoisotopic (exact) mass is 493 g/mol.